The van der Waals surface area contributed by atoms with Gasteiger partial charge in [-0.25, -0.2) is 9.69 Å². The van der Waals surface area contributed by atoms with E-state index in [1.54, 1.807) is 19.1 Å². The number of esters is 1. The molecular weight excluding hydrogens is 427 g/mol. The van der Waals surface area contributed by atoms with Gasteiger partial charge in [0.05, 0.1) is 17.9 Å². The molecule has 28 heavy (non-hydrogen) atoms. The molecule has 0 aliphatic carbocycles. The van der Waals surface area contributed by atoms with Crippen LogP contribution in [-0.4, -0.2) is 24.4 Å². The number of nitrogens with zero attached hydrogens (tertiary/aromatic N) is 1. The summed E-state index contributed by atoms with van der Waals surface area (Å²) in [6.45, 7) is 1.94. The third-order valence-corrected chi connectivity index (χ3v) is 4.58. The summed E-state index contributed by atoms with van der Waals surface area (Å²) in [5.74, 6) is -1.83. The third kappa shape index (κ3) is 3.99. The highest BCUT2D eigenvalue weighted by molar-refractivity contribution is 6.53. The molecule has 1 heterocycles. The van der Waals surface area contributed by atoms with Crippen molar-refractivity contribution in [3.05, 3.63) is 68.8 Å². The van der Waals surface area contributed by atoms with Crippen molar-refractivity contribution in [2.24, 2.45) is 0 Å². The molecule has 0 spiro atoms. The first-order valence-corrected chi connectivity index (χ1v) is 9.24. The highest BCUT2D eigenvalue weighted by Gasteiger charge is 2.39. The van der Waals surface area contributed by atoms with Crippen molar-refractivity contribution in [1.29, 1.82) is 0 Å². The number of carbonyl (C=O) groups excluding carboxylic acids is 3. The average Bonchev–Trinajstić information content (AvgIpc) is 2.85. The van der Waals surface area contributed by atoms with Gasteiger partial charge in [0, 0.05) is 15.7 Å². The highest BCUT2D eigenvalue weighted by atomic mass is 35.5. The predicted molar refractivity (Wildman–Crippen MR) is 108 cm³/mol. The van der Waals surface area contributed by atoms with Crippen LogP contribution in [0, 0.1) is 0 Å². The first-order valence-electron chi connectivity index (χ1n) is 8.10. The number of rotatable bonds is 5. The number of imide groups is 1. The van der Waals surface area contributed by atoms with E-state index in [-0.39, 0.29) is 23.0 Å². The average molecular weight is 440 g/mol. The zero-order valence-corrected chi connectivity index (χ0v) is 16.7. The van der Waals surface area contributed by atoms with E-state index in [0.717, 1.165) is 4.90 Å². The second kappa shape index (κ2) is 8.22. The fourth-order valence-electron chi connectivity index (χ4n) is 2.58. The molecule has 0 saturated heterocycles. The van der Waals surface area contributed by atoms with Crippen LogP contribution in [0.2, 0.25) is 10.0 Å². The lowest BCUT2D eigenvalue weighted by Gasteiger charge is -2.15. The summed E-state index contributed by atoms with van der Waals surface area (Å²) in [4.78, 5) is 37.9. The summed E-state index contributed by atoms with van der Waals surface area (Å²) < 4.78 is 4.91. The van der Waals surface area contributed by atoms with E-state index in [9.17, 15) is 14.4 Å². The molecule has 0 saturated carbocycles. The standard InChI is InChI=1S/C19H13Cl3N2O4/c1-2-28-19(27)10-3-5-14(6-4-10)24-17(25)15(22)16(18(24)26)23-13-8-11(20)7-12(21)9-13/h3-9,23H,2H2,1H3. The van der Waals surface area contributed by atoms with Crippen molar-refractivity contribution >= 4 is 64.0 Å². The number of anilines is 2. The lowest BCUT2D eigenvalue weighted by atomic mass is 10.2. The molecule has 3 rings (SSSR count). The van der Waals surface area contributed by atoms with Crippen LogP contribution in [0.4, 0.5) is 11.4 Å². The zero-order chi connectivity index (χ0) is 20.4. The normalized spacial score (nSPS) is 13.9. The van der Waals surface area contributed by atoms with Crippen molar-refractivity contribution in [2.45, 2.75) is 6.92 Å². The number of ether oxygens (including phenoxy) is 1. The predicted octanol–water partition coefficient (Wildman–Crippen LogP) is 4.61. The maximum atomic E-state index is 12.8. The number of halogens is 3. The maximum Gasteiger partial charge on any atom is 0.338 e. The maximum absolute atomic E-state index is 12.8. The molecule has 2 aromatic rings. The minimum Gasteiger partial charge on any atom is -0.462 e. The molecule has 1 N–H and O–H groups in total. The van der Waals surface area contributed by atoms with E-state index >= 15 is 0 Å². The van der Waals surface area contributed by atoms with Crippen molar-refractivity contribution in [1.82, 2.24) is 0 Å². The van der Waals surface area contributed by atoms with Crippen LogP contribution in [0.1, 0.15) is 17.3 Å². The third-order valence-electron chi connectivity index (χ3n) is 3.80. The second-order valence-corrected chi connectivity index (χ2v) is 6.94. The van der Waals surface area contributed by atoms with Crippen LogP contribution in [0.5, 0.6) is 0 Å². The Balaban J connectivity index is 1.85. The van der Waals surface area contributed by atoms with Crippen LogP contribution in [-0.2, 0) is 14.3 Å². The Bertz CT molecular complexity index is 982. The smallest absolute Gasteiger partial charge is 0.338 e. The molecule has 0 unspecified atom stereocenters. The van der Waals surface area contributed by atoms with Gasteiger partial charge in [-0.1, -0.05) is 34.8 Å². The van der Waals surface area contributed by atoms with Crippen LogP contribution in [0.15, 0.2) is 53.2 Å². The Morgan fingerprint density at radius 1 is 1.00 bits per heavy atom. The summed E-state index contributed by atoms with van der Waals surface area (Å²) in [6.07, 6.45) is 0. The molecule has 1 aliphatic heterocycles. The van der Waals surface area contributed by atoms with Crippen LogP contribution < -0.4 is 10.2 Å². The van der Waals surface area contributed by atoms with E-state index in [1.807, 2.05) is 0 Å². The van der Waals surface area contributed by atoms with Gasteiger partial charge < -0.3 is 10.1 Å². The van der Waals surface area contributed by atoms with Gasteiger partial charge in [0.2, 0.25) is 0 Å². The van der Waals surface area contributed by atoms with Crippen molar-refractivity contribution in [3.8, 4) is 0 Å². The largest absolute Gasteiger partial charge is 0.462 e. The van der Waals surface area contributed by atoms with Gasteiger partial charge in [0.1, 0.15) is 10.7 Å². The van der Waals surface area contributed by atoms with Gasteiger partial charge in [-0.3, -0.25) is 9.59 Å². The van der Waals surface area contributed by atoms with Crippen LogP contribution in [0.25, 0.3) is 0 Å². The van der Waals surface area contributed by atoms with E-state index in [2.05, 4.69) is 5.32 Å². The highest BCUT2D eigenvalue weighted by Crippen LogP contribution is 2.31. The van der Waals surface area contributed by atoms with Crippen LogP contribution >= 0.6 is 34.8 Å². The molecule has 144 valence electrons. The Hall–Kier alpha value is -2.54. The molecular formula is C19H13Cl3N2O4. The van der Waals surface area contributed by atoms with E-state index < -0.39 is 17.8 Å². The Morgan fingerprint density at radius 2 is 1.61 bits per heavy atom. The van der Waals surface area contributed by atoms with Crippen molar-refractivity contribution in [3.63, 3.8) is 0 Å². The molecule has 0 atom stereocenters. The quantitative estimate of drug-likeness (QED) is 0.544. The summed E-state index contributed by atoms with van der Waals surface area (Å²) in [6, 6.07) is 10.5. The minimum atomic E-state index is -0.689. The molecule has 9 heteroatoms. The Morgan fingerprint density at radius 3 is 2.18 bits per heavy atom. The summed E-state index contributed by atoms with van der Waals surface area (Å²) in [5, 5.41) is 3.24. The number of carbonyl (C=O) groups is 3. The van der Waals surface area contributed by atoms with Gasteiger partial charge in [-0.2, -0.15) is 0 Å². The number of benzene rings is 2. The first kappa shape index (κ1) is 20.2. The molecule has 2 amide bonds. The van der Waals surface area contributed by atoms with Gasteiger partial charge in [0.15, 0.2) is 0 Å². The summed E-state index contributed by atoms with van der Waals surface area (Å²) >= 11 is 18.0. The second-order valence-electron chi connectivity index (χ2n) is 5.69. The number of hydrogen-bond donors (Lipinski definition) is 1. The van der Waals surface area contributed by atoms with E-state index in [4.69, 9.17) is 39.5 Å². The molecule has 0 aromatic heterocycles. The number of amides is 2. The van der Waals surface area contributed by atoms with Gasteiger partial charge in [-0.05, 0) is 49.4 Å². The summed E-state index contributed by atoms with van der Waals surface area (Å²) in [7, 11) is 0. The molecule has 2 aromatic carbocycles. The monoisotopic (exact) mass is 438 g/mol. The minimum absolute atomic E-state index is 0.0977. The van der Waals surface area contributed by atoms with Crippen molar-refractivity contribution < 1.29 is 19.1 Å². The molecule has 6 nitrogen and oxygen atoms in total. The molecule has 0 fully saturated rings. The fourth-order valence-corrected chi connectivity index (χ4v) is 3.32. The Labute approximate surface area is 175 Å². The van der Waals surface area contributed by atoms with Crippen molar-refractivity contribution in [2.75, 3.05) is 16.8 Å². The van der Waals surface area contributed by atoms with Gasteiger partial charge in [0.25, 0.3) is 11.8 Å². The molecule has 1 aliphatic rings. The molecule has 0 bridgehead atoms. The Kier molecular flexibility index (Phi) is 5.93. The lowest BCUT2D eigenvalue weighted by Crippen LogP contribution is -2.32. The number of hydrogen-bond acceptors (Lipinski definition) is 5. The summed E-state index contributed by atoms with van der Waals surface area (Å²) in [5.41, 5.74) is 0.878. The van der Waals surface area contributed by atoms with E-state index in [1.165, 1.54) is 30.3 Å². The topological polar surface area (TPSA) is 75.7 Å². The van der Waals surface area contributed by atoms with Crippen LogP contribution in [0.3, 0.4) is 0 Å². The fraction of sp³-hybridized carbons (Fsp3) is 0.105. The SMILES string of the molecule is CCOC(=O)c1ccc(N2C(=O)C(Cl)=C(Nc3cc(Cl)cc(Cl)c3)C2=O)cc1. The van der Waals surface area contributed by atoms with E-state index in [0.29, 0.717) is 21.3 Å². The number of nitrogens with one attached hydrogen (secondary N) is 1. The zero-order valence-electron chi connectivity index (χ0n) is 14.5. The first-order chi connectivity index (χ1) is 13.3. The molecule has 0 radical (unpaired) electrons. The van der Waals surface area contributed by atoms with Gasteiger partial charge in [-0.15, -0.1) is 0 Å². The lowest BCUT2D eigenvalue weighted by molar-refractivity contribution is -0.120. The van der Waals surface area contributed by atoms with Gasteiger partial charge >= 0.3 is 5.97 Å².